The molecule has 0 aromatic heterocycles. The lowest BCUT2D eigenvalue weighted by atomic mass is 10.0. The summed E-state index contributed by atoms with van der Waals surface area (Å²) in [5.41, 5.74) is 4.48. The number of nitrogens with zero attached hydrogens (tertiary/aromatic N) is 1. The Hall–Kier alpha value is -2.00. The monoisotopic (exact) mass is 285 g/mol. The summed E-state index contributed by atoms with van der Waals surface area (Å²) in [7, 11) is 3.73. The van der Waals surface area contributed by atoms with Crippen molar-refractivity contribution in [1.29, 1.82) is 0 Å². The number of aryl methyl sites for hydroxylation is 2. The van der Waals surface area contributed by atoms with Gasteiger partial charge in [0.2, 0.25) is 0 Å². The minimum absolute atomic E-state index is 0.371. The number of hydrogen-bond donors (Lipinski definition) is 1. The van der Waals surface area contributed by atoms with Crippen LogP contribution in [0.5, 0.6) is 11.5 Å². The zero-order valence-corrected chi connectivity index (χ0v) is 13.2. The van der Waals surface area contributed by atoms with E-state index in [2.05, 4.69) is 24.0 Å². The molecular formula is C18H23NO2. The molecule has 2 aromatic rings. The van der Waals surface area contributed by atoms with Gasteiger partial charge in [-0.1, -0.05) is 18.2 Å². The highest BCUT2D eigenvalue weighted by Gasteiger charge is 2.08. The van der Waals surface area contributed by atoms with Gasteiger partial charge in [-0.3, -0.25) is 4.90 Å². The van der Waals surface area contributed by atoms with E-state index in [0.29, 0.717) is 12.3 Å². The molecule has 0 heterocycles. The van der Waals surface area contributed by atoms with E-state index < -0.39 is 0 Å². The third-order valence-corrected chi connectivity index (χ3v) is 3.72. The van der Waals surface area contributed by atoms with Crippen molar-refractivity contribution in [2.24, 2.45) is 0 Å². The van der Waals surface area contributed by atoms with E-state index in [0.717, 1.165) is 23.4 Å². The molecule has 0 aliphatic carbocycles. The van der Waals surface area contributed by atoms with Crippen LogP contribution < -0.4 is 4.74 Å². The third kappa shape index (κ3) is 3.99. The number of phenols is 1. The maximum atomic E-state index is 10.1. The number of ether oxygens (including phenoxy) is 1. The summed E-state index contributed by atoms with van der Waals surface area (Å²) >= 11 is 0. The predicted molar refractivity (Wildman–Crippen MR) is 85.7 cm³/mol. The summed E-state index contributed by atoms with van der Waals surface area (Å²) in [6.07, 6.45) is 0. The molecule has 0 radical (unpaired) electrons. The van der Waals surface area contributed by atoms with E-state index in [1.54, 1.807) is 7.11 Å². The highest BCUT2D eigenvalue weighted by Crippen LogP contribution is 2.23. The van der Waals surface area contributed by atoms with Crippen molar-refractivity contribution in [3.05, 3.63) is 58.7 Å². The fourth-order valence-corrected chi connectivity index (χ4v) is 2.42. The molecule has 0 bridgehead atoms. The Morgan fingerprint density at radius 2 is 1.76 bits per heavy atom. The van der Waals surface area contributed by atoms with Gasteiger partial charge in [0.25, 0.3) is 0 Å². The highest BCUT2D eigenvalue weighted by molar-refractivity contribution is 5.40. The first-order valence-electron chi connectivity index (χ1n) is 7.10. The average Bonchev–Trinajstić information content (AvgIpc) is 2.45. The van der Waals surface area contributed by atoms with Crippen LogP contribution in [0.2, 0.25) is 0 Å². The molecule has 0 fully saturated rings. The molecule has 0 saturated carbocycles. The number of benzene rings is 2. The lowest BCUT2D eigenvalue weighted by Crippen LogP contribution is -2.17. The van der Waals surface area contributed by atoms with Gasteiger partial charge >= 0.3 is 0 Å². The highest BCUT2D eigenvalue weighted by atomic mass is 16.5. The van der Waals surface area contributed by atoms with Crippen LogP contribution in [0.1, 0.15) is 22.3 Å². The summed E-state index contributed by atoms with van der Waals surface area (Å²) in [5.74, 6) is 1.24. The van der Waals surface area contributed by atoms with E-state index in [4.69, 9.17) is 4.74 Å². The fourth-order valence-electron chi connectivity index (χ4n) is 2.42. The Morgan fingerprint density at radius 1 is 1.05 bits per heavy atom. The zero-order valence-electron chi connectivity index (χ0n) is 13.2. The molecule has 0 amide bonds. The molecule has 1 N–H and O–H groups in total. The van der Waals surface area contributed by atoms with Crippen molar-refractivity contribution in [2.75, 3.05) is 14.2 Å². The van der Waals surface area contributed by atoms with Crippen LogP contribution >= 0.6 is 0 Å². The van der Waals surface area contributed by atoms with Crippen LogP contribution in [0.3, 0.4) is 0 Å². The van der Waals surface area contributed by atoms with Crippen LogP contribution in [0.25, 0.3) is 0 Å². The van der Waals surface area contributed by atoms with Crippen LogP contribution in [0.15, 0.2) is 36.4 Å². The van der Waals surface area contributed by atoms with Gasteiger partial charge in [0, 0.05) is 18.7 Å². The summed E-state index contributed by atoms with van der Waals surface area (Å²) in [6.45, 7) is 5.60. The second-order valence-corrected chi connectivity index (χ2v) is 5.59. The van der Waals surface area contributed by atoms with Gasteiger partial charge in [-0.2, -0.15) is 0 Å². The van der Waals surface area contributed by atoms with Crippen LogP contribution in [0.4, 0.5) is 0 Å². The van der Waals surface area contributed by atoms with Crippen molar-refractivity contribution in [2.45, 2.75) is 26.9 Å². The summed E-state index contributed by atoms with van der Waals surface area (Å²) in [4.78, 5) is 2.18. The molecule has 3 nitrogen and oxygen atoms in total. The van der Waals surface area contributed by atoms with Crippen molar-refractivity contribution in [3.8, 4) is 11.5 Å². The first kappa shape index (κ1) is 15.4. The first-order valence-corrected chi connectivity index (χ1v) is 7.10. The molecule has 2 rings (SSSR count). The van der Waals surface area contributed by atoms with E-state index in [1.807, 2.05) is 38.2 Å². The summed E-state index contributed by atoms with van der Waals surface area (Å²) in [5, 5.41) is 10.1. The molecule has 0 atom stereocenters. The first-order chi connectivity index (χ1) is 9.99. The second-order valence-electron chi connectivity index (χ2n) is 5.59. The number of phenolic OH excluding ortho intramolecular Hbond substituents is 1. The normalized spacial score (nSPS) is 10.9. The third-order valence-electron chi connectivity index (χ3n) is 3.72. The van der Waals surface area contributed by atoms with Gasteiger partial charge in [-0.05, 0) is 55.8 Å². The van der Waals surface area contributed by atoms with E-state index >= 15 is 0 Å². The lowest BCUT2D eigenvalue weighted by Gasteiger charge is -2.19. The molecule has 21 heavy (non-hydrogen) atoms. The standard InChI is InChI=1S/C18H23NO2/c1-13-8-16(18(20)9-14(13)2)12-19(3)11-15-6-5-7-17(10-15)21-4/h5-10,20H,11-12H2,1-4H3. The lowest BCUT2D eigenvalue weighted by molar-refractivity contribution is 0.311. The Labute approximate surface area is 126 Å². The smallest absolute Gasteiger partial charge is 0.120 e. The van der Waals surface area contributed by atoms with Crippen molar-refractivity contribution in [3.63, 3.8) is 0 Å². The number of methoxy groups -OCH3 is 1. The van der Waals surface area contributed by atoms with Gasteiger partial charge in [-0.15, -0.1) is 0 Å². The average molecular weight is 285 g/mol. The second kappa shape index (κ2) is 6.64. The molecule has 0 unspecified atom stereocenters. The van der Waals surface area contributed by atoms with Gasteiger partial charge in [-0.25, -0.2) is 0 Å². The van der Waals surface area contributed by atoms with Crippen molar-refractivity contribution >= 4 is 0 Å². The Bertz CT molecular complexity index is 623. The van der Waals surface area contributed by atoms with Crippen LogP contribution in [-0.4, -0.2) is 24.2 Å². The minimum atomic E-state index is 0.371. The van der Waals surface area contributed by atoms with Gasteiger partial charge < -0.3 is 9.84 Å². The molecule has 0 spiro atoms. The van der Waals surface area contributed by atoms with Crippen LogP contribution in [-0.2, 0) is 13.1 Å². The molecule has 112 valence electrons. The Morgan fingerprint density at radius 3 is 2.48 bits per heavy atom. The van der Waals surface area contributed by atoms with Crippen molar-refractivity contribution in [1.82, 2.24) is 4.90 Å². The minimum Gasteiger partial charge on any atom is -0.508 e. The number of aromatic hydroxyl groups is 1. The summed E-state index contributed by atoms with van der Waals surface area (Å²) in [6, 6.07) is 12.0. The molecule has 2 aromatic carbocycles. The zero-order chi connectivity index (χ0) is 15.4. The maximum Gasteiger partial charge on any atom is 0.120 e. The Kier molecular flexibility index (Phi) is 4.86. The van der Waals surface area contributed by atoms with Gasteiger partial charge in [0.1, 0.15) is 11.5 Å². The van der Waals surface area contributed by atoms with Gasteiger partial charge in [0.15, 0.2) is 0 Å². The quantitative estimate of drug-likeness (QED) is 0.910. The largest absolute Gasteiger partial charge is 0.508 e. The summed E-state index contributed by atoms with van der Waals surface area (Å²) < 4.78 is 5.24. The number of hydrogen-bond acceptors (Lipinski definition) is 3. The molecule has 0 aliphatic heterocycles. The SMILES string of the molecule is COc1cccc(CN(C)Cc2cc(C)c(C)cc2O)c1. The van der Waals surface area contributed by atoms with Crippen molar-refractivity contribution < 1.29 is 9.84 Å². The van der Waals surface area contributed by atoms with E-state index in [9.17, 15) is 5.11 Å². The van der Waals surface area contributed by atoms with Gasteiger partial charge in [0.05, 0.1) is 7.11 Å². The Balaban J connectivity index is 2.07. The molecule has 0 saturated heterocycles. The molecule has 3 heteroatoms. The fraction of sp³-hybridized carbons (Fsp3) is 0.333. The topological polar surface area (TPSA) is 32.7 Å². The maximum absolute atomic E-state index is 10.1. The van der Waals surface area contributed by atoms with E-state index in [1.165, 1.54) is 11.1 Å². The molecule has 0 aliphatic rings. The van der Waals surface area contributed by atoms with Crippen LogP contribution in [0, 0.1) is 13.8 Å². The number of rotatable bonds is 5. The predicted octanol–water partition coefficient (Wildman–Crippen LogP) is 3.65. The molecular weight excluding hydrogens is 262 g/mol. The van der Waals surface area contributed by atoms with E-state index in [-0.39, 0.29) is 0 Å².